The number of hydrogen-bond acceptors (Lipinski definition) is 5. The minimum absolute atomic E-state index is 0.0618. The van der Waals surface area contributed by atoms with Gasteiger partial charge in [0.2, 0.25) is 5.91 Å². The zero-order valence-corrected chi connectivity index (χ0v) is 19.2. The summed E-state index contributed by atoms with van der Waals surface area (Å²) in [6, 6.07) is 4.76. The molecule has 1 aromatic carbocycles. The maximum atomic E-state index is 13.0. The SMILES string of the molecule is O=C(Nc1ccc(Cl)c(Cl)c1)C1CCCCN1Cc1nc2sc3c(c2c(=O)[nH]1)CCC3. The molecule has 3 aromatic rings. The number of hydrogen-bond donors (Lipinski definition) is 2. The molecule has 1 atom stereocenters. The number of likely N-dealkylation sites (tertiary alicyclic amines) is 1. The van der Waals surface area contributed by atoms with E-state index in [1.165, 1.54) is 10.4 Å². The summed E-state index contributed by atoms with van der Waals surface area (Å²) in [4.78, 5) is 37.7. The van der Waals surface area contributed by atoms with E-state index in [-0.39, 0.29) is 17.5 Å². The van der Waals surface area contributed by atoms with Crippen LogP contribution in [0.1, 0.15) is 41.9 Å². The molecule has 0 spiro atoms. The average Bonchev–Trinajstić information content (AvgIpc) is 3.32. The Morgan fingerprint density at radius 1 is 1.23 bits per heavy atom. The van der Waals surface area contributed by atoms with Crippen molar-refractivity contribution >= 4 is 56.3 Å². The van der Waals surface area contributed by atoms with Crippen LogP contribution in [0, 0.1) is 0 Å². The van der Waals surface area contributed by atoms with Gasteiger partial charge in [-0.05, 0) is 62.4 Å². The molecule has 0 saturated carbocycles. The molecule has 1 fully saturated rings. The smallest absolute Gasteiger partial charge is 0.259 e. The van der Waals surface area contributed by atoms with Gasteiger partial charge in [-0.1, -0.05) is 29.6 Å². The van der Waals surface area contributed by atoms with E-state index in [0.29, 0.717) is 28.1 Å². The number of aryl methyl sites for hydroxylation is 2. The summed E-state index contributed by atoms with van der Waals surface area (Å²) in [5.41, 5.74) is 1.73. The van der Waals surface area contributed by atoms with E-state index < -0.39 is 0 Å². The third kappa shape index (κ3) is 4.12. The van der Waals surface area contributed by atoms with Crippen molar-refractivity contribution < 1.29 is 4.79 Å². The number of benzene rings is 1. The fourth-order valence-corrected chi connectivity index (χ4v) is 6.17. The Bertz CT molecular complexity index is 1220. The highest BCUT2D eigenvalue weighted by atomic mass is 35.5. The highest BCUT2D eigenvalue weighted by molar-refractivity contribution is 7.18. The summed E-state index contributed by atoms with van der Waals surface area (Å²) >= 11 is 13.7. The van der Waals surface area contributed by atoms with Gasteiger partial charge in [0.25, 0.3) is 5.56 Å². The van der Waals surface area contributed by atoms with Crippen molar-refractivity contribution in [2.24, 2.45) is 0 Å². The summed E-state index contributed by atoms with van der Waals surface area (Å²) < 4.78 is 0. The number of nitrogens with one attached hydrogen (secondary N) is 2. The number of carbonyl (C=O) groups is 1. The van der Waals surface area contributed by atoms with E-state index in [4.69, 9.17) is 28.2 Å². The number of fused-ring (bicyclic) bond motifs is 3. The number of amides is 1. The molecule has 9 heteroatoms. The predicted octanol–water partition coefficient (Wildman–Crippen LogP) is 4.77. The second-order valence-corrected chi connectivity index (χ2v) is 10.0. The van der Waals surface area contributed by atoms with Gasteiger partial charge in [0.1, 0.15) is 10.7 Å². The van der Waals surface area contributed by atoms with Gasteiger partial charge in [-0.2, -0.15) is 0 Å². The number of piperidine rings is 1. The van der Waals surface area contributed by atoms with E-state index in [0.717, 1.165) is 55.3 Å². The summed E-state index contributed by atoms with van der Waals surface area (Å²) in [7, 11) is 0. The van der Waals surface area contributed by atoms with Crippen LogP contribution in [0.2, 0.25) is 10.0 Å². The Hall–Kier alpha value is -1.93. The Morgan fingerprint density at radius 3 is 2.94 bits per heavy atom. The first-order valence-corrected chi connectivity index (χ1v) is 12.1. The van der Waals surface area contributed by atoms with Crippen LogP contribution in [0.15, 0.2) is 23.0 Å². The van der Waals surface area contributed by atoms with Crippen molar-refractivity contribution in [3.05, 3.63) is 54.9 Å². The number of carbonyl (C=O) groups excluding carboxylic acids is 1. The molecule has 31 heavy (non-hydrogen) atoms. The second kappa shape index (κ2) is 8.54. The summed E-state index contributed by atoms with van der Waals surface area (Å²) in [5.74, 6) is 0.531. The minimum Gasteiger partial charge on any atom is -0.325 e. The number of thiophene rings is 1. The molecule has 0 bridgehead atoms. The van der Waals surface area contributed by atoms with Crippen LogP contribution < -0.4 is 10.9 Å². The van der Waals surface area contributed by atoms with E-state index in [1.807, 2.05) is 0 Å². The Balaban J connectivity index is 1.36. The van der Waals surface area contributed by atoms with E-state index in [2.05, 4.69) is 15.2 Å². The van der Waals surface area contributed by atoms with Crippen LogP contribution in [-0.2, 0) is 24.2 Å². The first kappa shape index (κ1) is 20.9. The number of anilines is 1. The molecule has 1 unspecified atom stereocenters. The zero-order valence-electron chi connectivity index (χ0n) is 16.8. The van der Waals surface area contributed by atoms with Crippen molar-refractivity contribution in [1.82, 2.24) is 14.9 Å². The van der Waals surface area contributed by atoms with Crippen molar-refractivity contribution in [1.29, 1.82) is 0 Å². The normalized spacial score (nSPS) is 19.0. The molecule has 1 amide bonds. The fourth-order valence-electron chi connectivity index (χ4n) is 4.59. The largest absolute Gasteiger partial charge is 0.325 e. The van der Waals surface area contributed by atoms with Gasteiger partial charge < -0.3 is 10.3 Å². The van der Waals surface area contributed by atoms with Gasteiger partial charge in [-0.15, -0.1) is 11.3 Å². The predicted molar refractivity (Wildman–Crippen MR) is 125 cm³/mol. The Labute approximate surface area is 193 Å². The number of aromatic nitrogens is 2. The molecular weight excluding hydrogens is 455 g/mol. The maximum absolute atomic E-state index is 13.0. The van der Waals surface area contributed by atoms with Gasteiger partial charge in [0, 0.05) is 10.6 Å². The quantitative estimate of drug-likeness (QED) is 0.568. The Morgan fingerprint density at radius 2 is 2.10 bits per heavy atom. The van der Waals surface area contributed by atoms with Crippen LogP contribution in [0.5, 0.6) is 0 Å². The number of halogens is 2. The van der Waals surface area contributed by atoms with E-state index in [1.54, 1.807) is 29.5 Å². The standard InChI is InChI=1S/C22H22Cl2N4O2S/c23-14-8-7-12(10-15(14)24)25-20(29)16-5-1-2-9-28(16)11-18-26-21(30)19-13-4-3-6-17(13)31-22(19)27-18/h7-8,10,16H,1-6,9,11H2,(H,25,29)(H,26,27,30). The maximum Gasteiger partial charge on any atom is 0.259 e. The van der Waals surface area contributed by atoms with E-state index in [9.17, 15) is 9.59 Å². The lowest BCUT2D eigenvalue weighted by Crippen LogP contribution is -2.47. The molecule has 2 aliphatic rings. The molecule has 1 saturated heterocycles. The molecule has 2 aromatic heterocycles. The number of nitrogens with zero attached hydrogens (tertiary/aromatic N) is 2. The van der Waals surface area contributed by atoms with Crippen LogP contribution in [0.25, 0.3) is 10.2 Å². The first-order valence-electron chi connectivity index (χ1n) is 10.5. The molecule has 2 N–H and O–H groups in total. The topological polar surface area (TPSA) is 78.1 Å². The summed E-state index contributed by atoms with van der Waals surface area (Å²) in [6.07, 6.45) is 5.86. The van der Waals surface area contributed by atoms with Crippen molar-refractivity contribution in [2.75, 3.05) is 11.9 Å². The molecule has 3 heterocycles. The van der Waals surface area contributed by atoms with Crippen LogP contribution >= 0.6 is 34.5 Å². The first-order chi connectivity index (χ1) is 15.0. The molecule has 162 valence electrons. The molecule has 5 rings (SSSR count). The van der Waals surface area contributed by atoms with Crippen molar-refractivity contribution in [2.45, 2.75) is 51.1 Å². The lowest BCUT2D eigenvalue weighted by molar-refractivity contribution is -0.122. The number of H-pyrrole nitrogens is 1. The van der Waals surface area contributed by atoms with Crippen LogP contribution in [0.4, 0.5) is 5.69 Å². The lowest BCUT2D eigenvalue weighted by Gasteiger charge is -2.34. The summed E-state index contributed by atoms with van der Waals surface area (Å²) in [5, 5.41) is 4.56. The molecule has 0 radical (unpaired) electrons. The average molecular weight is 477 g/mol. The molecule has 1 aliphatic heterocycles. The van der Waals surface area contributed by atoms with Crippen molar-refractivity contribution in [3.8, 4) is 0 Å². The third-order valence-corrected chi connectivity index (χ3v) is 8.01. The Kier molecular flexibility index (Phi) is 5.77. The highest BCUT2D eigenvalue weighted by Gasteiger charge is 2.30. The second-order valence-electron chi connectivity index (χ2n) is 8.15. The van der Waals surface area contributed by atoms with Crippen LogP contribution in [0.3, 0.4) is 0 Å². The van der Waals surface area contributed by atoms with Crippen LogP contribution in [-0.4, -0.2) is 33.4 Å². The van der Waals surface area contributed by atoms with Gasteiger partial charge in [0.15, 0.2) is 0 Å². The molecular formula is C22H22Cl2N4O2S. The third-order valence-electron chi connectivity index (χ3n) is 6.08. The molecule has 1 aliphatic carbocycles. The minimum atomic E-state index is -0.294. The lowest BCUT2D eigenvalue weighted by atomic mass is 10.0. The zero-order chi connectivity index (χ0) is 21.5. The van der Waals surface area contributed by atoms with Crippen molar-refractivity contribution in [3.63, 3.8) is 0 Å². The summed E-state index contributed by atoms with van der Waals surface area (Å²) in [6.45, 7) is 1.22. The number of aromatic amines is 1. The van der Waals surface area contributed by atoms with E-state index >= 15 is 0 Å². The molecule has 6 nitrogen and oxygen atoms in total. The van der Waals surface area contributed by atoms with Gasteiger partial charge in [-0.3, -0.25) is 14.5 Å². The highest BCUT2D eigenvalue weighted by Crippen LogP contribution is 2.34. The monoisotopic (exact) mass is 476 g/mol. The van der Waals surface area contributed by atoms with Gasteiger partial charge in [0.05, 0.1) is 28.0 Å². The fraction of sp³-hybridized carbons (Fsp3) is 0.409. The van der Waals surface area contributed by atoms with Gasteiger partial charge in [-0.25, -0.2) is 4.98 Å². The number of rotatable bonds is 4. The van der Waals surface area contributed by atoms with Gasteiger partial charge >= 0.3 is 0 Å².